The van der Waals surface area contributed by atoms with E-state index in [0.717, 1.165) is 36.3 Å². The van der Waals surface area contributed by atoms with Crippen molar-refractivity contribution in [3.05, 3.63) is 64.0 Å². The predicted molar refractivity (Wildman–Crippen MR) is 153 cm³/mol. The van der Waals surface area contributed by atoms with E-state index in [0.29, 0.717) is 31.7 Å². The standard InChI is InChI=1S/C16H23N3O2.C16H26/c1-11(2)9-19-13-6-4-5-12(13)14(17-19)15(20)18-8-7-16(3,21)10-18;1-5-7-11-15(9-6-2)16-12-8-10-13(3)14(16)4/h21H,1,4-10H2,2-3H3;8,10,12,15H,5-7,9,11H2,1-4H3/t16-;/m0./s1. The summed E-state index contributed by atoms with van der Waals surface area (Å²) in [4.78, 5) is 14.4. The minimum absolute atomic E-state index is 0.0357. The topological polar surface area (TPSA) is 58.4 Å². The normalized spacial score (nSPS) is 19.4. The third kappa shape index (κ3) is 7.34. The number of allylic oxidation sites excluding steroid dienone is 1. The van der Waals surface area contributed by atoms with E-state index in [1.807, 2.05) is 11.6 Å². The number of aromatic nitrogens is 2. The van der Waals surface area contributed by atoms with Crippen LogP contribution in [0.1, 0.15) is 117 Å². The second-order valence-electron chi connectivity index (χ2n) is 11.6. The van der Waals surface area contributed by atoms with Crippen LogP contribution >= 0.6 is 0 Å². The summed E-state index contributed by atoms with van der Waals surface area (Å²) in [5, 5.41) is 14.6. The van der Waals surface area contributed by atoms with Gasteiger partial charge in [0.15, 0.2) is 5.69 Å². The predicted octanol–water partition coefficient (Wildman–Crippen LogP) is 6.92. The highest BCUT2D eigenvalue weighted by atomic mass is 16.3. The zero-order chi connectivity index (χ0) is 27.2. The summed E-state index contributed by atoms with van der Waals surface area (Å²) < 4.78 is 1.94. The van der Waals surface area contributed by atoms with E-state index < -0.39 is 5.60 Å². The molecule has 1 amide bonds. The molecular formula is C32H49N3O2. The Labute approximate surface area is 225 Å². The summed E-state index contributed by atoms with van der Waals surface area (Å²) in [6.45, 7) is 18.5. The third-order valence-electron chi connectivity index (χ3n) is 8.00. The van der Waals surface area contributed by atoms with Crippen molar-refractivity contribution < 1.29 is 9.90 Å². The van der Waals surface area contributed by atoms with Gasteiger partial charge in [0.2, 0.25) is 0 Å². The number of fused-ring (bicyclic) bond motifs is 1. The number of aliphatic hydroxyl groups is 1. The lowest BCUT2D eigenvalue weighted by molar-refractivity contribution is 0.0568. The Morgan fingerprint density at radius 1 is 1.19 bits per heavy atom. The second kappa shape index (κ2) is 12.9. The molecule has 1 aliphatic heterocycles. The first-order valence-corrected chi connectivity index (χ1v) is 14.4. The van der Waals surface area contributed by atoms with Crippen molar-refractivity contribution in [2.24, 2.45) is 0 Å². The molecule has 1 N–H and O–H groups in total. The number of amides is 1. The first kappa shape index (κ1) is 29.2. The molecule has 1 unspecified atom stereocenters. The van der Waals surface area contributed by atoms with Crippen molar-refractivity contribution in [1.82, 2.24) is 14.7 Å². The summed E-state index contributed by atoms with van der Waals surface area (Å²) in [5.41, 5.74) is 7.69. The molecule has 4 rings (SSSR count). The van der Waals surface area contributed by atoms with Crippen LogP contribution in [0.2, 0.25) is 0 Å². The third-order valence-corrected chi connectivity index (χ3v) is 8.00. The average molecular weight is 508 g/mol. The minimum Gasteiger partial charge on any atom is -0.388 e. The molecule has 0 saturated carbocycles. The molecule has 2 heterocycles. The molecule has 2 aliphatic rings. The summed E-state index contributed by atoms with van der Waals surface area (Å²) in [6, 6.07) is 6.77. The Morgan fingerprint density at radius 2 is 1.95 bits per heavy atom. The molecule has 5 heteroatoms. The van der Waals surface area contributed by atoms with Crippen LogP contribution in [0, 0.1) is 13.8 Å². The highest BCUT2D eigenvalue weighted by Gasteiger charge is 2.37. The van der Waals surface area contributed by atoms with Gasteiger partial charge >= 0.3 is 0 Å². The van der Waals surface area contributed by atoms with E-state index in [2.05, 4.69) is 57.6 Å². The fourth-order valence-electron chi connectivity index (χ4n) is 5.81. The lowest BCUT2D eigenvalue weighted by Crippen LogP contribution is -2.34. The van der Waals surface area contributed by atoms with Crippen molar-refractivity contribution in [2.45, 2.75) is 117 Å². The first-order chi connectivity index (χ1) is 17.6. The molecule has 1 aliphatic carbocycles. The molecule has 2 aromatic rings. The molecule has 1 aromatic heterocycles. The molecular weight excluding hydrogens is 458 g/mol. The number of β-amino-alcohol motifs (C(OH)–C–C–N with tert-alkyl or cyclic N) is 1. The van der Waals surface area contributed by atoms with Crippen LogP contribution in [0.25, 0.3) is 0 Å². The smallest absolute Gasteiger partial charge is 0.274 e. The van der Waals surface area contributed by atoms with Gasteiger partial charge in [0.05, 0.1) is 12.1 Å². The molecule has 204 valence electrons. The highest BCUT2D eigenvalue weighted by Crippen LogP contribution is 2.31. The van der Waals surface area contributed by atoms with Crippen molar-refractivity contribution in [2.75, 3.05) is 13.1 Å². The van der Waals surface area contributed by atoms with Crippen molar-refractivity contribution in [1.29, 1.82) is 0 Å². The fourth-order valence-corrected chi connectivity index (χ4v) is 5.81. The van der Waals surface area contributed by atoms with Crippen LogP contribution in [-0.2, 0) is 19.4 Å². The summed E-state index contributed by atoms with van der Waals surface area (Å²) in [5.74, 6) is 0.747. The van der Waals surface area contributed by atoms with Crippen LogP contribution in [-0.4, -0.2) is 44.4 Å². The van der Waals surface area contributed by atoms with E-state index in [-0.39, 0.29) is 5.91 Å². The van der Waals surface area contributed by atoms with Crippen molar-refractivity contribution >= 4 is 5.91 Å². The lowest BCUT2D eigenvalue weighted by Gasteiger charge is -2.19. The maximum absolute atomic E-state index is 12.7. The number of carbonyl (C=O) groups excluding carboxylic acids is 1. The largest absolute Gasteiger partial charge is 0.388 e. The Bertz CT molecular complexity index is 1080. The van der Waals surface area contributed by atoms with Crippen LogP contribution in [0.3, 0.4) is 0 Å². The van der Waals surface area contributed by atoms with E-state index in [1.54, 1.807) is 17.4 Å². The van der Waals surface area contributed by atoms with Crippen LogP contribution in [0.15, 0.2) is 30.4 Å². The van der Waals surface area contributed by atoms with Gasteiger partial charge in [-0.1, -0.05) is 63.5 Å². The Balaban J connectivity index is 0.000000214. The van der Waals surface area contributed by atoms with Crippen molar-refractivity contribution in [3.8, 4) is 0 Å². The zero-order valence-corrected chi connectivity index (χ0v) is 24.2. The number of hydrogen-bond acceptors (Lipinski definition) is 3. The first-order valence-electron chi connectivity index (χ1n) is 14.4. The number of unbranched alkanes of at least 4 members (excludes halogenated alkanes) is 1. The Kier molecular flexibility index (Phi) is 10.2. The Morgan fingerprint density at radius 3 is 2.57 bits per heavy atom. The highest BCUT2D eigenvalue weighted by molar-refractivity contribution is 5.94. The number of nitrogens with zero attached hydrogens (tertiary/aromatic N) is 3. The maximum Gasteiger partial charge on any atom is 0.274 e. The maximum atomic E-state index is 12.7. The van der Waals surface area contributed by atoms with Gasteiger partial charge in [-0.25, -0.2) is 0 Å². The monoisotopic (exact) mass is 507 g/mol. The molecule has 2 atom stereocenters. The lowest BCUT2D eigenvalue weighted by atomic mass is 9.86. The molecule has 0 bridgehead atoms. The van der Waals surface area contributed by atoms with Gasteiger partial charge in [-0.05, 0) is 88.8 Å². The number of benzene rings is 1. The van der Waals surface area contributed by atoms with Gasteiger partial charge in [0, 0.05) is 24.3 Å². The quantitative estimate of drug-likeness (QED) is 0.375. The van der Waals surface area contributed by atoms with Gasteiger partial charge < -0.3 is 10.0 Å². The molecule has 1 fully saturated rings. The van der Waals surface area contributed by atoms with E-state index in [9.17, 15) is 9.90 Å². The molecule has 1 saturated heterocycles. The molecule has 0 spiro atoms. The van der Waals surface area contributed by atoms with Crippen LogP contribution in [0.4, 0.5) is 0 Å². The van der Waals surface area contributed by atoms with E-state index in [1.165, 1.54) is 48.9 Å². The number of aryl methyl sites for hydroxylation is 1. The van der Waals surface area contributed by atoms with E-state index in [4.69, 9.17) is 0 Å². The molecule has 1 aromatic carbocycles. The van der Waals surface area contributed by atoms with Crippen LogP contribution < -0.4 is 0 Å². The van der Waals surface area contributed by atoms with Crippen LogP contribution in [0.5, 0.6) is 0 Å². The Hall–Kier alpha value is -2.40. The fraction of sp³-hybridized carbons (Fsp3) is 0.625. The minimum atomic E-state index is -0.765. The summed E-state index contributed by atoms with van der Waals surface area (Å²) >= 11 is 0. The van der Waals surface area contributed by atoms with Gasteiger partial charge in [0.25, 0.3) is 5.91 Å². The summed E-state index contributed by atoms with van der Waals surface area (Å²) in [7, 11) is 0. The SMILES string of the molecule is C=C(C)Cn1nc(C(=O)N2CC[C@](C)(O)C2)c2c1CCC2.CCCCC(CCC)c1cccc(C)c1C. The molecule has 0 radical (unpaired) electrons. The average Bonchev–Trinajstić information content (AvgIpc) is 3.55. The number of likely N-dealkylation sites (tertiary alicyclic amines) is 1. The number of rotatable bonds is 9. The van der Waals surface area contributed by atoms with Crippen molar-refractivity contribution in [3.63, 3.8) is 0 Å². The number of carbonyl (C=O) groups is 1. The molecule has 5 nitrogen and oxygen atoms in total. The second-order valence-corrected chi connectivity index (χ2v) is 11.6. The van der Waals surface area contributed by atoms with Gasteiger partial charge in [-0.3, -0.25) is 9.48 Å². The van der Waals surface area contributed by atoms with Gasteiger partial charge in [0.1, 0.15) is 0 Å². The molecule has 37 heavy (non-hydrogen) atoms. The summed E-state index contributed by atoms with van der Waals surface area (Å²) in [6.07, 6.45) is 10.3. The van der Waals surface area contributed by atoms with E-state index >= 15 is 0 Å². The van der Waals surface area contributed by atoms with Gasteiger partial charge in [-0.2, -0.15) is 5.10 Å². The number of hydrogen-bond donors (Lipinski definition) is 1. The zero-order valence-electron chi connectivity index (χ0n) is 24.2. The van der Waals surface area contributed by atoms with Gasteiger partial charge in [-0.15, -0.1) is 0 Å².